The fourth-order valence-corrected chi connectivity index (χ4v) is 2.04. The molecular formula is C14H16FN3O3. The average Bonchev–Trinajstić information content (AvgIpc) is 2.63. The molecule has 6 nitrogen and oxygen atoms in total. The fraction of sp³-hybridized carbons (Fsp3) is 0.357. The number of amides is 4. The van der Waals surface area contributed by atoms with Crippen LogP contribution in [0.1, 0.15) is 20.3 Å². The van der Waals surface area contributed by atoms with Gasteiger partial charge in [0.1, 0.15) is 17.9 Å². The highest BCUT2D eigenvalue weighted by atomic mass is 19.1. The van der Waals surface area contributed by atoms with Crippen molar-refractivity contribution in [2.75, 3.05) is 11.9 Å². The Morgan fingerprint density at radius 2 is 2.14 bits per heavy atom. The molecule has 1 fully saturated rings. The smallest absolute Gasteiger partial charge is 0.324 e. The molecule has 21 heavy (non-hydrogen) atoms. The van der Waals surface area contributed by atoms with Gasteiger partial charge in [-0.1, -0.05) is 13.0 Å². The minimum atomic E-state index is -0.976. The first kappa shape index (κ1) is 15.0. The van der Waals surface area contributed by atoms with Crippen LogP contribution in [-0.4, -0.2) is 34.8 Å². The second-order valence-corrected chi connectivity index (χ2v) is 5.07. The molecule has 0 aliphatic carbocycles. The largest absolute Gasteiger partial charge is 0.325 e. The fourth-order valence-electron chi connectivity index (χ4n) is 2.04. The van der Waals surface area contributed by atoms with Crippen LogP contribution >= 0.6 is 0 Å². The molecule has 2 rings (SSSR count). The van der Waals surface area contributed by atoms with E-state index in [4.69, 9.17) is 0 Å². The lowest BCUT2D eigenvalue weighted by molar-refractivity contribution is -0.133. The predicted octanol–water partition coefficient (Wildman–Crippen LogP) is 1.48. The SMILES string of the molecule is CC[C@]1(C)NC(=O)N(CC(=O)Nc2cccc(F)c2)C1=O. The average molecular weight is 293 g/mol. The lowest BCUT2D eigenvalue weighted by atomic mass is 9.99. The number of hydrogen-bond acceptors (Lipinski definition) is 3. The number of rotatable bonds is 4. The van der Waals surface area contributed by atoms with Crippen molar-refractivity contribution in [3.63, 3.8) is 0 Å². The van der Waals surface area contributed by atoms with Crippen molar-refractivity contribution in [2.45, 2.75) is 25.8 Å². The molecule has 0 radical (unpaired) electrons. The molecule has 2 N–H and O–H groups in total. The molecule has 112 valence electrons. The Hall–Kier alpha value is -2.44. The van der Waals surface area contributed by atoms with E-state index in [1.165, 1.54) is 18.2 Å². The van der Waals surface area contributed by atoms with Crippen molar-refractivity contribution in [2.24, 2.45) is 0 Å². The quantitative estimate of drug-likeness (QED) is 0.825. The second-order valence-electron chi connectivity index (χ2n) is 5.07. The Balaban J connectivity index is 2.03. The number of anilines is 1. The van der Waals surface area contributed by atoms with E-state index in [1.54, 1.807) is 13.8 Å². The van der Waals surface area contributed by atoms with E-state index in [0.717, 1.165) is 11.0 Å². The van der Waals surface area contributed by atoms with E-state index in [0.29, 0.717) is 6.42 Å². The number of halogens is 1. The maximum atomic E-state index is 13.0. The predicted molar refractivity (Wildman–Crippen MR) is 74.0 cm³/mol. The third-order valence-corrected chi connectivity index (χ3v) is 3.46. The van der Waals surface area contributed by atoms with Gasteiger partial charge in [0.15, 0.2) is 0 Å². The monoisotopic (exact) mass is 293 g/mol. The van der Waals surface area contributed by atoms with Gasteiger partial charge in [-0.05, 0) is 31.5 Å². The number of carbonyl (C=O) groups is 3. The van der Waals surface area contributed by atoms with Crippen molar-refractivity contribution in [3.05, 3.63) is 30.1 Å². The van der Waals surface area contributed by atoms with Gasteiger partial charge in [0, 0.05) is 5.69 Å². The molecule has 0 spiro atoms. The van der Waals surface area contributed by atoms with Crippen LogP contribution in [0.2, 0.25) is 0 Å². The van der Waals surface area contributed by atoms with Gasteiger partial charge in [0.25, 0.3) is 5.91 Å². The summed E-state index contributed by atoms with van der Waals surface area (Å²) in [6.07, 6.45) is 0.430. The van der Waals surface area contributed by atoms with Crippen LogP contribution in [0.15, 0.2) is 24.3 Å². The number of hydrogen-bond donors (Lipinski definition) is 2. The zero-order chi connectivity index (χ0) is 15.6. The molecule has 0 unspecified atom stereocenters. The van der Waals surface area contributed by atoms with Crippen LogP contribution in [-0.2, 0) is 9.59 Å². The standard InChI is InChI=1S/C14H16FN3O3/c1-3-14(2)12(20)18(13(21)17-14)8-11(19)16-10-6-4-5-9(15)7-10/h4-7H,3,8H2,1-2H3,(H,16,19)(H,17,21)/t14-/m0/s1. The summed E-state index contributed by atoms with van der Waals surface area (Å²) in [5.41, 5.74) is -0.707. The molecule has 1 saturated heterocycles. The van der Waals surface area contributed by atoms with Crippen molar-refractivity contribution in [3.8, 4) is 0 Å². The molecule has 1 heterocycles. The van der Waals surface area contributed by atoms with E-state index >= 15 is 0 Å². The normalized spacial score (nSPS) is 21.4. The molecule has 0 saturated carbocycles. The van der Waals surface area contributed by atoms with Crippen LogP contribution < -0.4 is 10.6 Å². The molecular weight excluding hydrogens is 277 g/mol. The van der Waals surface area contributed by atoms with Gasteiger partial charge in [-0.15, -0.1) is 0 Å². The maximum Gasteiger partial charge on any atom is 0.325 e. The third-order valence-electron chi connectivity index (χ3n) is 3.46. The van der Waals surface area contributed by atoms with Crippen LogP contribution in [0.3, 0.4) is 0 Å². The zero-order valence-electron chi connectivity index (χ0n) is 11.8. The summed E-state index contributed by atoms with van der Waals surface area (Å²) in [6.45, 7) is 2.98. The summed E-state index contributed by atoms with van der Waals surface area (Å²) in [7, 11) is 0. The maximum absolute atomic E-state index is 13.0. The Morgan fingerprint density at radius 1 is 1.43 bits per heavy atom. The summed E-state index contributed by atoms with van der Waals surface area (Å²) < 4.78 is 13.0. The first-order chi connectivity index (χ1) is 9.85. The van der Waals surface area contributed by atoms with Crippen LogP contribution in [0, 0.1) is 5.82 Å². The van der Waals surface area contributed by atoms with E-state index in [1.807, 2.05) is 0 Å². The molecule has 1 atom stereocenters. The van der Waals surface area contributed by atoms with Gasteiger partial charge in [0.05, 0.1) is 0 Å². The van der Waals surface area contributed by atoms with Crippen LogP contribution in [0.5, 0.6) is 0 Å². The van der Waals surface area contributed by atoms with Gasteiger partial charge < -0.3 is 10.6 Å². The second kappa shape index (κ2) is 5.51. The number of nitrogens with zero attached hydrogens (tertiary/aromatic N) is 1. The number of carbonyl (C=O) groups excluding carboxylic acids is 3. The molecule has 1 aromatic carbocycles. The molecule has 0 bridgehead atoms. The number of nitrogens with one attached hydrogen (secondary N) is 2. The molecule has 1 aromatic rings. The number of urea groups is 1. The summed E-state index contributed by atoms with van der Waals surface area (Å²) in [6, 6.07) is 4.77. The Labute approximate surface area is 121 Å². The first-order valence-corrected chi connectivity index (χ1v) is 6.55. The van der Waals surface area contributed by atoms with Gasteiger partial charge in [-0.25, -0.2) is 9.18 Å². The van der Waals surface area contributed by atoms with Crippen molar-refractivity contribution in [1.82, 2.24) is 10.2 Å². The minimum absolute atomic E-state index is 0.269. The van der Waals surface area contributed by atoms with Gasteiger partial charge in [-0.3, -0.25) is 14.5 Å². The highest BCUT2D eigenvalue weighted by Gasteiger charge is 2.46. The molecule has 0 aromatic heterocycles. The summed E-state index contributed by atoms with van der Waals surface area (Å²) >= 11 is 0. The topological polar surface area (TPSA) is 78.5 Å². The molecule has 1 aliphatic rings. The summed E-state index contributed by atoms with van der Waals surface area (Å²) in [5.74, 6) is -1.49. The van der Waals surface area contributed by atoms with E-state index in [-0.39, 0.29) is 5.69 Å². The first-order valence-electron chi connectivity index (χ1n) is 6.55. The van der Waals surface area contributed by atoms with Gasteiger partial charge >= 0.3 is 6.03 Å². The summed E-state index contributed by atoms with van der Waals surface area (Å²) in [4.78, 5) is 36.6. The highest BCUT2D eigenvalue weighted by Crippen LogP contribution is 2.20. The van der Waals surface area contributed by atoms with Crippen molar-refractivity contribution in [1.29, 1.82) is 0 Å². The molecule has 7 heteroatoms. The molecule has 4 amide bonds. The van der Waals surface area contributed by atoms with Crippen molar-refractivity contribution >= 4 is 23.5 Å². The summed E-state index contributed by atoms with van der Waals surface area (Å²) in [5, 5.41) is 5.00. The Bertz CT molecular complexity index is 605. The number of imide groups is 1. The van der Waals surface area contributed by atoms with E-state index in [2.05, 4.69) is 10.6 Å². The molecule has 1 aliphatic heterocycles. The minimum Gasteiger partial charge on any atom is -0.324 e. The Morgan fingerprint density at radius 3 is 2.71 bits per heavy atom. The van der Waals surface area contributed by atoms with Crippen molar-refractivity contribution < 1.29 is 18.8 Å². The number of benzene rings is 1. The third kappa shape index (κ3) is 3.01. The van der Waals surface area contributed by atoms with Gasteiger partial charge in [-0.2, -0.15) is 0 Å². The van der Waals surface area contributed by atoms with E-state index in [9.17, 15) is 18.8 Å². The van der Waals surface area contributed by atoms with Crippen LogP contribution in [0.25, 0.3) is 0 Å². The van der Waals surface area contributed by atoms with Gasteiger partial charge in [0.2, 0.25) is 5.91 Å². The Kier molecular flexibility index (Phi) is 3.93. The lowest BCUT2D eigenvalue weighted by Gasteiger charge is -2.19. The van der Waals surface area contributed by atoms with Crippen LogP contribution in [0.4, 0.5) is 14.9 Å². The van der Waals surface area contributed by atoms with E-state index < -0.39 is 35.7 Å². The highest BCUT2D eigenvalue weighted by molar-refractivity contribution is 6.09. The zero-order valence-corrected chi connectivity index (χ0v) is 11.8. The lowest BCUT2D eigenvalue weighted by Crippen LogP contribution is -2.44.